The van der Waals surface area contributed by atoms with E-state index in [9.17, 15) is 5.11 Å². The lowest BCUT2D eigenvalue weighted by Crippen LogP contribution is -2.42. The number of aromatic hydroxyl groups is 1. The van der Waals surface area contributed by atoms with Crippen molar-refractivity contribution in [1.82, 2.24) is 0 Å². The van der Waals surface area contributed by atoms with Gasteiger partial charge in [0.15, 0.2) is 0 Å². The van der Waals surface area contributed by atoms with Gasteiger partial charge in [0.05, 0.1) is 5.71 Å². The van der Waals surface area contributed by atoms with E-state index in [-0.39, 0.29) is 5.41 Å². The Labute approximate surface area is 132 Å². The molecule has 0 saturated heterocycles. The molecule has 0 aromatic heterocycles. The predicted octanol–water partition coefficient (Wildman–Crippen LogP) is 4.25. The van der Waals surface area contributed by atoms with Crippen molar-refractivity contribution >= 4 is 5.71 Å². The molecule has 0 heterocycles. The molecule has 4 unspecified atom stereocenters. The van der Waals surface area contributed by atoms with Gasteiger partial charge in [-0.25, -0.2) is 0 Å². The van der Waals surface area contributed by atoms with Gasteiger partial charge in [-0.15, -0.1) is 0 Å². The quantitative estimate of drug-likeness (QED) is 0.788. The Hall–Kier alpha value is -1.51. The molecule has 118 valence electrons. The van der Waals surface area contributed by atoms with Crippen LogP contribution in [0.4, 0.5) is 0 Å². The number of hydrogen-bond donors (Lipinski definition) is 1. The van der Waals surface area contributed by atoms with Crippen molar-refractivity contribution < 1.29 is 9.94 Å². The maximum absolute atomic E-state index is 9.74. The van der Waals surface area contributed by atoms with Crippen molar-refractivity contribution in [2.24, 2.45) is 22.4 Å². The minimum absolute atomic E-state index is 0.242. The van der Waals surface area contributed by atoms with Crippen LogP contribution >= 0.6 is 0 Å². The standard InChI is InChI=1S/C19H25NO2/c1-19-10-9-15-14-6-4-13(21)11-12(14)3-5-16(15)17(19)7-8-18(19)20-22-2/h4,6,11,15-17,21H,3,5,7-10H2,1-2H3. The van der Waals surface area contributed by atoms with E-state index in [0.29, 0.717) is 11.7 Å². The molecule has 0 spiro atoms. The van der Waals surface area contributed by atoms with Gasteiger partial charge in [-0.1, -0.05) is 18.1 Å². The van der Waals surface area contributed by atoms with Crippen molar-refractivity contribution in [2.45, 2.75) is 51.4 Å². The zero-order chi connectivity index (χ0) is 15.3. The van der Waals surface area contributed by atoms with Gasteiger partial charge in [0.25, 0.3) is 0 Å². The fourth-order valence-electron chi connectivity index (χ4n) is 5.62. The van der Waals surface area contributed by atoms with Crippen LogP contribution in [0.15, 0.2) is 23.4 Å². The van der Waals surface area contributed by atoms with E-state index in [1.54, 1.807) is 7.11 Å². The molecule has 0 radical (unpaired) electrons. The molecule has 1 aromatic rings. The van der Waals surface area contributed by atoms with Crippen molar-refractivity contribution in [2.75, 3.05) is 7.11 Å². The number of aryl methyl sites for hydroxylation is 1. The minimum Gasteiger partial charge on any atom is -0.508 e. The van der Waals surface area contributed by atoms with E-state index < -0.39 is 0 Å². The molecule has 22 heavy (non-hydrogen) atoms. The van der Waals surface area contributed by atoms with E-state index in [2.05, 4.69) is 18.1 Å². The molecule has 2 fully saturated rings. The van der Waals surface area contributed by atoms with Crippen molar-refractivity contribution in [1.29, 1.82) is 0 Å². The number of phenolic OH excluding ortho intramolecular Hbond substituents is 1. The molecule has 0 aliphatic heterocycles. The summed E-state index contributed by atoms with van der Waals surface area (Å²) >= 11 is 0. The van der Waals surface area contributed by atoms with Crippen LogP contribution in [0, 0.1) is 17.3 Å². The molecule has 3 aliphatic rings. The zero-order valence-corrected chi connectivity index (χ0v) is 13.5. The van der Waals surface area contributed by atoms with Gasteiger partial charge in [0, 0.05) is 5.41 Å². The fourth-order valence-corrected chi connectivity index (χ4v) is 5.62. The maximum Gasteiger partial charge on any atom is 0.115 e. The Morgan fingerprint density at radius 2 is 2.09 bits per heavy atom. The van der Waals surface area contributed by atoms with Crippen LogP contribution in [0.1, 0.15) is 56.1 Å². The number of phenols is 1. The summed E-state index contributed by atoms with van der Waals surface area (Å²) in [5.41, 5.74) is 4.39. The van der Waals surface area contributed by atoms with Crippen LogP contribution in [0.5, 0.6) is 5.75 Å². The lowest BCUT2D eigenvalue weighted by atomic mass is 9.55. The summed E-state index contributed by atoms with van der Waals surface area (Å²) in [5.74, 6) is 2.58. The van der Waals surface area contributed by atoms with Crippen molar-refractivity contribution in [3.8, 4) is 5.75 Å². The first-order chi connectivity index (χ1) is 10.6. The van der Waals surface area contributed by atoms with Gasteiger partial charge < -0.3 is 9.94 Å². The Morgan fingerprint density at radius 3 is 2.91 bits per heavy atom. The van der Waals surface area contributed by atoms with E-state index in [1.165, 1.54) is 42.5 Å². The smallest absolute Gasteiger partial charge is 0.115 e. The van der Waals surface area contributed by atoms with Gasteiger partial charge in [-0.2, -0.15) is 0 Å². The van der Waals surface area contributed by atoms with Crippen LogP contribution in [-0.2, 0) is 11.3 Å². The van der Waals surface area contributed by atoms with Crippen LogP contribution in [-0.4, -0.2) is 17.9 Å². The van der Waals surface area contributed by atoms with Crippen molar-refractivity contribution in [3.05, 3.63) is 29.3 Å². The molecule has 3 heteroatoms. The molecule has 1 aromatic carbocycles. The zero-order valence-electron chi connectivity index (χ0n) is 13.5. The second-order valence-electron chi connectivity index (χ2n) is 7.51. The highest BCUT2D eigenvalue weighted by Gasteiger charge is 2.53. The van der Waals surface area contributed by atoms with E-state index in [1.807, 2.05) is 12.1 Å². The highest BCUT2D eigenvalue weighted by Crippen LogP contribution is 2.59. The second kappa shape index (κ2) is 5.00. The first-order valence-electron chi connectivity index (χ1n) is 8.56. The molecule has 0 amide bonds. The molecule has 0 bridgehead atoms. The third-order valence-corrected chi connectivity index (χ3v) is 6.65. The Kier molecular flexibility index (Phi) is 3.21. The number of hydrogen-bond acceptors (Lipinski definition) is 3. The monoisotopic (exact) mass is 299 g/mol. The summed E-state index contributed by atoms with van der Waals surface area (Å²) in [4.78, 5) is 5.11. The molecule has 3 nitrogen and oxygen atoms in total. The van der Waals surface area contributed by atoms with Gasteiger partial charge in [-0.05, 0) is 79.5 Å². The summed E-state index contributed by atoms with van der Waals surface area (Å²) in [7, 11) is 1.67. The van der Waals surface area contributed by atoms with Crippen molar-refractivity contribution in [3.63, 3.8) is 0 Å². The summed E-state index contributed by atoms with van der Waals surface area (Å²) in [6.45, 7) is 2.41. The Balaban J connectivity index is 1.69. The van der Waals surface area contributed by atoms with Gasteiger partial charge in [0.1, 0.15) is 12.9 Å². The highest BCUT2D eigenvalue weighted by molar-refractivity contribution is 5.92. The molecule has 4 rings (SSSR count). The largest absolute Gasteiger partial charge is 0.508 e. The Bertz CT molecular complexity index is 624. The maximum atomic E-state index is 9.74. The SMILES string of the molecule is CON=C1CCC2C3CCc4cc(O)ccc4C3CCC12C. The summed E-state index contributed by atoms with van der Waals surface area (Å²) < 4.78 is 0. The number of benzene rings is 1. The fraction of sp³-hybridized carbons (Fsp3) is 0.632. The molecule has 3 aliphatic carbocycles. The number of fused-ring (bicyclic) bond motifs is 5. The van der Waals surface area contributed by atoms with E-state index in [4.69, 9.17) is 4.84 Å². The molecule has 1 N–H and O–H groups in total. The van der Waals surface area contributed by atoms with Crippen LogP contribution in [0.25, 0.3) is 0 Å². The van der Waals surface area contributed by atoms with Crippen LogP contribution < -0.4 is 0 Å². The molecule has 4 atom stereocenters. The Morgan fingerprint density at radius 1 is 1.23 bits per heavy atom. The third-order valence-electron chi connectivity index (χ3n) is 6.65. The average Bonchev–Trinajstić information content (AvgIpc) is 2.84. The summed E-state index contributed by atoms with van der Waals surface area (Å²) in [5, 5.41) is 14.1. The van der Waals surface area contributed by atoms with Crippen LogP contribution in [0.2, 0.25) is 0 Å². The summed E-state index contributed by atoms with van der Waals surface area (Å²) in [6, 6.07) is 6.01. The molecular weight excluding hydrogens is 274 g/mol. The van der Waals surface area contributed by atoms with E-state index >= 15 is 0 Å². The van der Waals surface area contributed by atoms with E-state index in [0.717, 1.165) is 24.7 Å². The lowest BCUT2D eigenvalue weighted by molar-refractivity contribution is 0.0924. The number of nitrogens with zero attached hydrogens (tertiary/aromatic N) is 1. The average molecular weight is 299 g/mol. The first-order valence-corrected chi connectivity index (χ1v) is 8.56. The van der Waals surface area contributed by atoms with Crippen LogP contribution in [0.3, 0.4) is 0 Å². The third kappa shape index (κ3) is 1.90. The normalized spacial score (nSPS) is 38.3. The first kappa shape index (κ1) is 14.1. The number of oxime groups is 1. The van der Waals surface area contributed by atoms with Gasteiger partial charge in [-0.3, -0.25) is 0 Å². The predicted molar refractivity (Wildman–Crippen MR) is 87.2 cm³/mol. The topological polar surface area (TPSA) is 41.8 Å². The summed E-state index contributed by atoms with van der Waals surface area (Å²) in [6.07, 6.45) is 7.16. The number of rotatable bonds is 1. The van der Waals surface area contributed by atoms with Gasteiger partial charge in [0.2, 0.25) is 0 Å². The highest BCUT2D eigenvalue weighted by atomic mass is 16.6. The van der Waals surface area contributed by atoms with Gasteiger partial charge >= 0.3 is 0 Å². The minimum atomic E-state index is 0.242. The molecule has 2 saturated carbocycles. The second-order valence-corrected chi connectivity index (χ2v) is 7.51. The lowest BCUT2D eigenvalue weighted by Gasteiger charge is -2.49. The molecular formula is C19H25NO2.